The van der Waals surface area contributed by atoms with Crippen LogP contribution in [0.3, 0.4) is 0 Å². The maximum absolute atomic E-state index is 12.7. The smallest absolute Gasteiger partial charge is 0.254 e. The number of hydrogen-bond donors (Lipinski definition) is 5. The molecule has 0 saturated carbocycles. The SMILES string of the molecule is CCNC(=O)c1cnc(Nc2ccc3c(c2)CNCC3)cc1Nc1cccc(C(C)(C)CO)n1. The van der Waals surface area contributed by atoms with E-state index in [9.17, 15) is 9.90 Å². The van der Waals surface area contributed by atoms with Crippen LogP contribution in [0, 0.1) is 0 Å². The number of rotatable bonds is 8. The summed E-state index contributed by atoms with van der Waals surface area (Å²) in [6.45, 7) is 8.09. The second kappa shape index (κ2) is 10.2. The van der Waals surface area contributed by atoms with Crippen molar-refractivity contribution < 1.29 is 9.90 Å². The average molecular weight is 461 g/mol. The molecule has 8 heteroatoms. The van der Waals surface area contributed by atoms with Gasteiger partial charge in [-0.15, -0.1) is 0 Å². The zero-order valence-electron chi connectivity index (χ0n) is 19.9. The van der Waals surface area contributed by atoms with Gasteiger partial charge < -0.3 is 26.4 Å². The first-order valence-electron chi connectivity index (χ1n) is 11.6. The number of aromatic nitrogens is 2. The Morgan fingerprint density at radius 3 is 2.76 bits per heavy atom. The number of nitrogens with one attached hydrogen (secondary N) is 4. The minimum atomic E-state index is -0.480. The van der Waals surface area contributed by atoms with Gasteiger partial charge in [-0.05, 0) is 55.3 Å². The Kier molecular flexibility index (Phi) is 7.09. The number of benzene rings is 1. The van der Waals surface area contributed by atoms with Crippen LogP contribution in [0.15, 0.2) is 48.7 Å². The lowest BCUT2D eigenvalue weighted by Gasteiger charge is -2.22. The molecule has 0 saturated heterocycles. The third-order valence-corrected chi connectivity index (χ3v) is 5.95. The molecule has 5 N–H and O–H groups in total. The molecule has 178 valence electrons. The first-order valence-corrected chi connectivity index (χ1v) is 11.6. The lowest BCUT2D eigenvalue weighted by molar-refractivity contribution is 0.0956. The van der Waals surface area contributed by atoms with Crippen LogP contribution in [0.5, 0.6) is 0 Å². The van der Waals surface area contributed by atoms with E-state index >= 15 is 0 Å². The molecule has 0 spiro atoms. The zero-order chi connectivity index (χ0) is 24.1. The van der Waals surface area contributed by atoms with Gasteiger partial charge in [0.1, 0.15) is 11.6 Å². The number of nitrogens with zero attached hydrogens (tertiary/aromatic N) is 2. The van der Waals surface area contributed by atoms with E-state index in [1.807, 2.05) is 45.0 Å². The molecule has 1 aliphatic heterocycles. The van der Waals surface area contributed by atoms with Gasteiger partial charge in [0.25, 0.3) is 5.91 Å². The van der Waals surface area contributed by atoms with Crippen molar-refractivity contribution in [3.63, 3.8) is 0 Å². The highest BCUT2D eigenvalue weighted by Crippen LogP contribution is 2.28. The Hall–Kier alpha value is -3.49. The second-order valence-corrected chi connectivity index (χ2v) is 9.08. The number of pyridine rings is 2. The van der Waals surface area contributed by atoms with Crippen LogP contribution < -0.4 is 21.3 Å². The van der Waals surface area contributed by atoms with Crippen molar-refractivity contribution in [3.8, 4) is 0 Å². The molecule has 34 heavy (non-hydrogen) atoms. The van der Waals surface area contributed by atoms with Gasteiger partial charge in [0.05, 0.1) is 23.6 Å². The fourth-order valence-electron chi connectivity index (χ4n) is 3.87. The van der Waals surface area contributed by atoms with Gasteiger partial charge in [-0.1, -0.05) is 26.0 Å². The number of amides is 1. The average Bonchev–Trinajstić information content (AvgIpc) is 2.84. The summed E-state index contributed by atoms with van der Waals surface area (Å²) in [5, 5.41) is 22.6. The van der Waals surface area contributed by atoms with Crippen LogP contribution in [0.1, 0.15) is 48.0 Å². The van der Waals surface area contributed by atoms with Gasteiger partial charge in [-0.2, -0.15) is 0 Å². The highest BCUT2D eigenvalue weighted by atomic mass is 16.3. The number of fused-ring (bicyclic) bond motifs is 1. The Morgan fingerprint density at radius 2 is 1.97 bits per heavy atom. The third-order valence-electron chi connectivity index (χ3n) is 5.95. The Labute approximate surface area is 200 Å². The molecular formula is C26H32N6O2. The maximum atomic E-state index is 12.7. The summed E-state index contributed by atoms with van der Waals surface area (Å²) < 4.78 is 0. The Bertz CT molecular complexity index is 1180. The highest BCUT2D eigenvalue weighted by molar-refractivity contribution is 6.00. The molecule has 1 aromatic carbocycles. The number of aliphatic hydroxyl groups is 1. The molecule has 0 fully saturated rings. The molecule has 0 bridgehead atoms. The van der Waals surface area contributed by atoms with Crippen molar-refractivity contribution in [1.82, 2.24) is 20.6 Å². The normalized spacial score (nSPS) is 13.2. The summed E-state index contributed by atoms with van der Waals surface area (Å²) in [5.41, 5.74) is 4.88. The molecule has 3 aromatic rings. The number of hydrogen-bond acceptors (Lipinski definition) is 7. The highest BCUT2D eigenvalue weighted by Gasteiger charge is 2.22. The Morgan fingerprint density at radius 1 is 1.12 bits per heavy atom. The molecule has 8 nitrogen and oxygen atoms in total. The van der Waals surface area contributed by atoms with Crippen molar-refractivity contribution >= 4 is 28.9 Å². The topological polar surface area (TPSA) is 111 Å². The minimum Gasteiger partial charge on any atom is -0.395 e. The summed E-state index contributed by atoms with van der Waals surface area (Å²) in [6.07, 6.45) is 2.60. The predicted molar refractivity (Wildman–Crippen MR) is 135 cm³/mol. The summed E-state index contributed by atoms with van der Waals surface area (Å²) in [4.78, 5) is 21.8. The largest absolute Gasteiger partial charge is 0.395 e. The van der Waals surface area contributed by atoms with Crippen LogP contribution in [0.25, 0.3) is 0 Å². The van der Waals surface area contributed by atoms with E-state index in [1.54, 1.807) is 6.20 Å². The van der Waals surface area contributed by atoms with Gasteiger partial charge in [0, 0.05) is 36.5 Å². The number of aliphatic hydroxyl groups excluding tert-OH is 1. The standard InChI is InChI=1S/C26H32N6O2/c1-4-28-25(34)20-15-29-24(30-19-9-8-17-10-11-27-14-18(17)12-19)13-21(20)31-23-7-5-6-22(32-23)26(2,3)16-33/h5-9,12-13,15,27,33H,4,10-11,14,16H2,1-3H3,(H,28,34)(H2,29,30,31,32). The van der Waals surface area contributed by atoms with Crippen molar-refractivity contribution in [3.05, 3.63) is 71.0 Å². The van der Waals surface area contributed by atoms with E-state index in [-0.39, 0.29) is 12.5 Å². The van der Waals surface area contributed by atoms with Crippen LogP contribution in [0.4, 0.5) is 23.0 Å². The lowest BCUT2D eigenvalue weighted by Crippen LogP contribution is -2.25. The first-order chi connectivity index (χ1) is 16.4. The Balaban J connectivity index is 1.64. The summed E-state index contributed by atoms with van der Waals surface area (Å²) in [5.74, 6) is 0.989. The van der Waals surface area contributed by atoms with Gasteiger partial charge in [-0.3, -0.25) is 4.79 Å². The van der Waals surface area contributed by atoms with Gasteiger partial charge >= 0.3 is 0 Å². The third kappa shape index (κ3) is 5.35. The predicted octanol–water partition coefficient (Wildman–Crippen LogP) is 3.63. The van der Waals surface area contributed by atoms with Gasteiger partial charge in [-0.25, -0.2) is 9.97 Å². The number of carbonyl (C=O) groups is 1. The fraction of sp³-hybridized carbons (Fsp3) is 0.346. The quantitative estimate of drug-likeness (QED) is 0.349. The van der Waals surface area contributed by atoms with Gasteiger partial charge in [0.15, 0.2) is 0 Å². The first kappa shape index (κ1) is 23.7. The molecule has 0 radical (unpaired) electrons. The number of carbonyl (C=O) groups excluding carboxylic acids is 1. The van der Waals surface area contributed by atoms with Crippen LogP contribution in [-0.2, 0) is 18.4 Å². The molecular weight excluding hydrogens is 428 g/mol. The number of anilines is 4. The monoisotopic (exact) mass is 460 g/mol. The van der Waals surface area contributed by atoms with E-state index < -0.39 is 5.41 Å². The summed E-state index contributed by atoms with van der Waals surface area (Å²) >= 11 is 0. The van der Waals surface area contributed by atoms with E-state index in [2.05, 4.69) is 49.4 Å². The van der Waals surface area contributed by atoms with E-state index in [0.717, 1.165) is 30.9 Å². The minimum absolute atomic E-state index is 0.0206. The van der Waals surface area contributed by atoms with Crippen LogP contribution in [0.2, 0.25) is 0 Å². The molecule has 4 rings (SSSR count). The van der Waals surface area contributed by atoms with Crippen molar-refractivity contribution in [2.24, 2.45) is 0 Å². The van der Waals surface area contributed by atoms with E-state index in [0.29, 0.717) is 29.4 Å². The second-order valence-electron chi connectivity index (χ2n) is 9.08. The molecule has 1 aliphatic rings. The summed E-state index contributed by atoms with van der Waals surface area (Å²) in [6, 6.07) is 13.8. The summed E-state index contributed by atoms with van der Waals surface area (Å²) in [7, 11) is 0. The molecule has 0 aliphatic carbocycles. The lowest BCUT2D eigenvalue weighted by atomic mass is 9.90. The van der Waals surface area contributed by atoms with E-state index in [4.69, 9.17) is 0 Å². The fourth-order valence-corrected chi connectivity index (χ4v) is 3.87. The van der Waals surface area contributed by atoms with E-state index in [1.165, 1.54) is 11.1 Å². The van der Waals surface area contributed by atoms with Crippen molar-refractivity contribution in [2.75, 3.05) is 30.3 Å². The van der Waals surface area contributed by atoms with Gasteiger partial charge in [0.2, 0.25) is 0 Å². The van der Waals surface area contributed by atoms with Crippen LogP contribution in [-0.4, -0.2) is 40.7 Å². The van der Waals surface area contributed by atoms with Crippen molar-refractivity contribution in [2.45, 2.75) is 39.2 Å². The molecule has 2 aromatic heterocycles. The molecule has 0 atom stereocenters. The molecule has 3 heterocycles. The zero-order valence-corrected chi connectivity index (χ0v) is 19.9. The van der Waals surface area contributed by atoms with Crippen molar-refractivity contribution in [1.29, 1.82) is 0 Å². The van der Waals surface area contributed by atoms with Crippen LogP contribution >= 0.6 is 0 Å². The maximum Gasteiger partial charge on any atom is 0.254 e. The molecule has 1 amide bonds. The molecule has 0 unspecified atom stereocenters.